The molecular weight excluding hydrogens is 330 g/mol. The molecule has 1 amide bonds. The number of amides is 1. The molecule has 1 aliphatic heterocycles. The zero-order chi connectivity index (χ0) is 18.4. The quantitative estimate of drug-likeness (QED) is 0.777. The minimum absolute atomic E-state index is 0.148. The molecule has 26 heavy (non-hydrogen) atoms. The number of ether oxygens (including phenoxy) is 3. The van der Waals surface area contributed by atoms with Crippen LogP contribution in [0.15, 0.2) is 54.6 Å². The smallest absolute Gasteiger partial charge is 0.244 e. The van der Waals surface area contributed by atoms with E-state index in [0.29, 0.717) is 13.2 Å². The number of rotatable bonds is 7. The predicted octanol–water partition coefficient (Wildman–Crippen LogP) is 3.15. The molecule has 5 heteroatoms. The topological polar surface area (TPSA) is 56.8 Å². The van der Waals surface area contributed by atoms with Gasteiger partial charge in [0.1, 0.15) is 11.5 Å². The van der Waals surface area contributed by atoms with Crippen LogP contribution in [0.25, 0.3) is 6.08 Å². The van der Waals surface area contributed by atoms with E-state index in [0.717, 1.165) is 22.6 Å². The van der Waals surface area contributed by atoms with Crippen LogP contribution in [-0.4, -0.2) is 33.0 Å². The Hall–Kier alpha value is -2.79. The molecule has 0 radical (unpaired) electrons. The van der Waals surface area contributed by atoms with Crippen molar-refractivity contribution in [2.24, 2.45) is 0 Å². The van der Waals surface area contributed by atoms with Crippen molar-refractivity contribution >= 4 is 12.0 Å². The normalized spacial score (nSPS) is 15.0. The zero-order valence-corrected chi connectivity index (χ0v) is 15.0. The number of carbonyl (C=O) groups is 1. The summed E-state index contributed by atoms with van der Waals surface area (Å²) in [6, 6.07) is 15.5. The van der Waals surface area contributed by atoms with Gasteiger partial charge in [-0.15, -0.1) is 0 Å². The van der Waals surface area contributed by atoms with E-state index in [4.69, 9.17) is 14.2 Å². The lowest BCUT2D eigenvalue weighted by atomic mass is 9.82. The standard InChI is InChI=1S/C21H23NO4/c1-21(14-24-2,18-10-9-17-12-19(18)26-15-25-17)13-22-20(23)11-8-16-6-4-3-5-7-16/h3-12H,13-15H2,1-2H3,(H,22,23)/b11-8+. The van der Waals surface area contributed by atoms with E-state index in [1.54, 1.807) is 19.3 Å². The second-order valence-electron chi connectivity index (χ2n) is 6.52. The molecule has 1 atom stereocenters. The van der Waals surface area contributed by atoms with Crippen molar-refractivity contribution in [2.45, 2.75) is 12.3 Å². The van der Waals surface area contributed by atoms with E-state index in [-0.39, 0.29) is 12.7 Å². The highest BCUT2D eigenvalue weighted by Crippen LogP contribution is 2.36. The lowest BCUT2D eigenvalue weighted by Gasteiger charge is -2.32. The summed E-state index contributed by atoms with van der Waals surface area (Å²) in [4.78, 5) is 12.2. The molecule has 1 unspecified atom stereocenters. The van der Waals surface area contributed by atoms with Gasteiger partial charge < -0.3 is 19.5 Å². The summed E-state index contributed by atoms with van der Waals surface area (Å²) >= 11 is 0. The van der Waals surface area contributed by atoms with Gasteiger partial charge in [-0.1, -0.05) is 43.3 Å². The summed E-state index contributed by atoms with van der Waals surface area (Å²) in [6.07, 6.45) is 3.34. The molecule has 136 valence electrons. The first-order chi connectivity index (χ1) is 12.6. The molecule has 1 N–H and O–H groups in total. The van der Waals surface area contributed by atoms with Gasteiger partial charge in [0.2, 0.25) is 12.7 Å². The molecule has 2 aromatic rings. The third kappa shape index (κ3) is 4.24. The van der Waals surface area contributed by atoms with Crippen LogP contribution in [0.5, 0.6) is 11.5 Å². The van der Waals surface area contributed by atoms with Crippen molar-refractivity contribution in [3.63, 3.8) is 0 Å². The highest BCUT2D eigenvalue weighted by molar-refractivity contribution is 5.91. The molecule has 0 spiro atoms. The van der Waals surface area contributed by atoms with Crippen molar-refractivity contribution in [3.05, 3.63) is 65.7 Å². The number of hydrogen-bond donors (Lipinski definition) is 1. The molecule has 3 rings (SSSR count). The highest BCUT2D eigenvalue weighted by Gasteiger charge is 2.31. The summed E-state index contributed by atoms with van der Waals surface area (Å²) in [5.74, 6) is 1.40. The van der Waals surface area contributed by atoms with Crippen LogP contribution in [0.1, 0.15) is 18.1 Å². The fourth-order valence-electron chi connectivity index (χ4n) is 2.99. The molecule has 0 saturated heterocycles. The molecule has 0 aromatic heterocycles. The molecule has 1 aliphatic rings. The monoisotopic (exact) mass is 353 g/mol. The van der Waals surface area contributed by atoms with Crippen LogP contribution < -0.4 is 14.8 Å². The molecule has 5 nitrogen and oxygen atoms in total. The van der Waals surface area contributed by atoms with Crippen LogP contribution in [0.3, 0.4) is 0 Å². The van der Waals surface area contributed by atoms with E-state index in [1.165, 1.54) is 0 Å². The number of nitrogens with one attached hydrogen (secondary N) is 1. The molecule has 0 fully saturated rings. The van der Waals surface area contributed by atoms with Gasteiger partial charge in [-0.05, 0) is 17.7 Å². The van der Waals surface area contributed by atoms with Crippen molar-refractivity contribution in [2.75, 3.05) is 27.1 Å². The second kappa shape index (κ2) is 8.06. The molecule has 2 bridgehead atoms. The summed E-state index contributed by atoms with van der Waals surface area (Å²) < 4.78 is 16.4. The van der Waals surface area contributed by atoms with Gasteiger partial charge in [0, 0.05) is 36.8 Å². The molecule has 0 aliphatic carbocycles. The van der Waals surface area contributed by atoms with Gasteiger partial charge in [0.05, 0.1) is 6.61 Å². The number of fused-ring (bicyclic) bond motifs is 2. The van der Waals surface area contributed by atoms with Crippen LogP contribution >= 0.6 is 0 Å². The van der Waals surface area contributed by atoms with E-state index < -0.39 is 5.41 Å². The Kier molecular flexibility index (Phi) is 5.58. The third-order valence-corrected chi connectivity index (χ3v) is 4.39. The van der Waals surface area contributed by atoms with Gasteiger partial charge in [-0.3, -0.25) is 4.79 Å². The Balaban J connectivity index is 1.70. The first kappa shape index (κ1) is 18.0. The SMILES string of the molecule is COCC(C)(CNC(=O)/C=C/c1ccccc1)c1ccc2cc1OCO2. The van der Waals surface area contributed by atoms with Crippen molar-refractivity contribution in [1.29, 1.82) is 0 Å². The van der Waals surface area contributed by atoms with Crippen LogP contribution in [0, 0.1) is 0 Å². The maximum absolute atomic E-state index is 12.2. The Morgan fingerprint density at radius 3 is 2.81 bits per heavy atom. The Labute approximate surface area is 153 Å². The number of hydrogen-bond acceptors (Lipinski definition) is 4. The third-order valence-electron chi connectivity index (χ3n) is 4.39. The molecule has 2 aromatic carbocycles. The average Bonchev–Trinajstić information content (AvgIpc) is 2.66. The van der Waals surface area contributed by atoms with E-state index in [2.05, 4.69) is 5.32 Å². The minimum atomic E-state index is -0.420. The van der Waals surface area contributed by atoms with Gasteiger partial charge in [-0.25, -0.2) is 0 Å². The summed E-state index contributed by atoms with van der Waals surface area (Å²) in [5, 5.41) is 2.97. The van der Waals surface area contributed by atoms with Crippen LogP contribution in [0.2, 0.25) is 0 Å². The zero-order valence-electron chi connectivity index (χ0n) is 15.0. The first-order valence-corrected chi connectivity index (χ1v) is 8.51. The predicted molar refractivity (Wildman–Crippen MR) is 100 cm³/mol. The van der Waals surface area contributed by atoms with Crippen molar-refractivity contribution < 1.29 is 19.0 Å². The van der Waals surface area contributed by atoms with Crippen LogP contribution in [0.4, 0.5) is 0 Å². The Morgan fingerprint density at radius 2 is 2.04 bits per heavy atom. The fourth-order valence-corrected chi connectivity index (χ4v) is 2.99. The fraction of sp³-hybridized carbons (Fsp3) is 0.286. The lowest BCUT2D eigenvalue weighted by Crippen LogP contribution is -2.41. The first-order valence-electron chi connectivity index (χ1n) is 8.51. The molecular formula is C21H23NO4. The summed E-state index contributed by atoms with van der Waals surface area (Å²) in [6.45, 7) is 3.12. The average molecular weight is 353 g/mol. The second-order valence-corrected chi connectivity index (χ2v) is 6.52. The van der Waals surface area contributed by atoms with Crippen molar-refractivity contribution in [1.82, 2.24) is 5.32 Å². The van der Waals surface area contributed by atoms with E-state index in [9.17, 15) is 4.79 Å². The summed E-state index contributed by atoms with van der Waals surface area (Å²) in [5.41, 5.74) is 1.55. The molecule has 0 saturated carbocycles. The number of methoxy groups -OCH3 is 1. The summed E-state index contributed by atoms with van der Waals surface area (Å²) in [7, 11) is 1.65. The highest BCUT2D eigenvalue weighted by atomic mass is 16.7. The van der Waals surface area contributed by atoms with Crippen LogP contribution in [-0.2, 0) is 14.9 Å². The van der Waals surface area contributed by atoms with E-state index >= 15 is 0 Å². The largest absolute Gasteiger partial charge is 0.457 e. The Morgan fingerprint density at radius 1 is 1.23 bits per heavy atom. The van der Waals surface area contributed by atoms with Gasteiger partial charge in [0.15, 0.2) is 0 Å². The Bertz CT molecular complexity index is 788. The van der Waals surface area contributed by atoms with Crippen molar-refractivity contribution in [3.8, 4) is 11.5 Å². The maximum atomic E-state index is 12.2. The maximum Gasteiger partial charge on any atom is 0.244 e. The van der Waals surface area contributed by atoms with Gasteiger partial charge in [-0.2, -0.15) is 0 Å². The number of carbonyl (C=O) groups excluding carboxylic acids is 1. The lowest BCUT2D eigenvalue weighted by molar-refractivity contribution is -0.116. The van der Waals surface area contributed by atoms with Gasteiger partial charge >= 0.3 is 0 Å². The van der Waals surface area contributed by atoms with E-state index in [1.807, 2.05) is 55.5 Å². The molecule has 1 heterocycles. The minimum Gasteiger partial charge on any atom is -0.457 e. The van der Waals surface area contributed by atoms with Gasteiger partial charge in [0.25, 0.3) is 0 Å². The number of benzene rings is 2.